The number of amides is 1. The van der Waals surface area contributed by atoms with Crippen molar-refractivity contribution in [3.63, 3.8) is 0 Å². The van der Waals surface area contributed by atoms with Gasteiger partial charge in [-0.25, -0.2) is 0 Å². The van der Waals surface area contributed by atoms with E-state index in [0.717, 1.165) is 12.1 Å². The molecule has 1 aromatic heterocycles. The normalized spacial score (nSPS) is 29.5. The van der Waals surface area contributed by atoms with Crippen LogP contribution in [0.5, 0.6) is 0 Å². The predicted octanol–water partition coefficient (Wildman–Crippen LogP) is -0.204. The summed E-state index contributed by atoms with van der Waals surface area (Å²) in [4.78, 5) is 14.6. The molecule has 2 fully saturated rings. The van der Waals surface area contributed by atoms with Crippen molar-refractivity contribution < 1.29 is 14.3 Å². The van der Waals surface area contributed by atoms with Crippen molar-refractivity contribution >= 4 is 5.91 Å². The van der Waals surface area contributed by atoms with Gasteiger partial charge in [-0.15, -0.1) is 0 Å². The number of hydrogen-bond donors (Lipinski definition) is 1. The summed E-state index contributed by atoms with van der Waals surface area (Å²) in [5.41, 5.74) is 1.13. The number of nitrogens with zero attached hydrogens (tertiary/aromatic N) is 3. The monoisotopic (exact) mass is 308 g/mol. The van der Waals surface area contributed by atoms with Gasteiger partial charge in [0, 0.05) is 25.8 Å². The minimum atomic E-state index is -0.251. The van der Waals surface area contributed by atoms with E-state index in [-0.39, 0.29) is 24.2 Å². The maximum Gasteiger partial charge on any atom is 0.242 e. The molecule has 7 nitrogen and oxygen atoms in total. The van der Waals surface area contributed by atoms with E-state index in [1.807, 2.05) is 35.8 Å². The number of carbonyl (C=O) groups is 1. The van der Waals surface area contributed by atoms with Crippen molar-refractivity contribution in [1.82, 2.24) is 20.0 Å². The summed E-state index contributed by atoms with van der Waals surface area (Å²) < 4.78 is 13.2. The van der Waals surface area contributed by atoms with Gasteiger partial charge >= 0.3 is 0 Å². The van der Waals surface area contributed by atoms with Gasteiger partial charge < -0.3 is 19.7 Å². The molecular weight excluding hydrogens is 284 g/mol. The largest absolute Gasteiger partial charge is 0.375 e. The SMILES string of the molecule is Cc1cnn(CC2CN(C(=O)[C@H]3NCCO[C@@H]3C)CCO2)c1. The molecule has 122 valence electrons. The third kappa shape index (κ3) is 3.48. The first-order valence-electron chi connectivity index (χ1n) is 7.88. The van der Waals surface area contributed by atoms with Crippen LogP contribution in [0.3, 0.4) is 0 Å². The highest BCUT2D eigenvalue weighted by Gasteiger charge is 2.34. The van der Waals surface area contributed by atoms with Gasteiger partial charge in [0.1, 0.15) is 6.04 Å². The Bertz CT molecular complexity index is 519. The molecule has 1 aromatic rings. The first-order valence-corrected chi connectivity index (χ1v) is 7.88. The molecule has 7 heteroatoms. The van der Waals surface area contributed by atoms with Crippen molar-refractivity contribution in [3.8, 4) is 0 Å². The summed E-state index contributed by atoms with van der Waals surface area (Å²) in [5.74, 6) is 0.108. The average molecular weight is 308 g/mol. The van der Waals surface area contributed by atoms with Crippen LogP contribution in [0.1, 0.15) is 12.5 Å². The van der Waals surface area contributed by atoms with Crippen LogP contribution in [0.4, 0.5) is 0 Å². The quantitative estimate of drug-likeness (QED) is 0.837. The lowest BCUT2D eigenvalue weighted by molar-refractivity contribution is -0.147. The number of rotatable bonds is 3. The summed E-state index contributed by atoms with van der Waals surface area (Å²) in [6, 6.07) is -0.251. The Morgan fingerprint density at radius 3 is 3.05 bits per heavy atom. The highest BCUT2D eigenvalue weighted by molar-refractivity contribution is 5.82. The lowest BCUT2D eigenvalue weighted by Gasteiger charge is -2.38. The van der Waals surface area contributed by atoms with Gasteiger partial charge in [0.25, 0.3) is 0 Å². The van der Waals surface area contributed by atoms with E-state index in [1.165, 1.54) is 0 Å². The molecule has 0 saturated carbocycles. The first kappa shape index (κ1) is 15.5. The van der Waals surface area contributed by atoms with Gasteiger partial charge in [-0.3, -0.25) is 9.48 Å². The van der Waals surface area contributed by atoms with Gasteiger partial charge in [-0.1, -0.05) is 0 Å². The molecule has 0 aromatic carbocycles. The van der Waals surface area contributed by atoms with E-state index in [4.69, 9.17) is 9.47 Å². The number of aryl methyl sites for hydroxylation is 1. The fourth-order valence-electron chi connectivity index (χ4n) is 3.01. The van der Waals surface area contributed by atoms with Crippen LogP contribution in [-0.4, -0.2) is 71.7 Å². The molecule has 1 amide bonds. The molecule has 0 radical (unpaired) electrons. The molecule has 2 aliphatic rings. The van der Waals surface area contributed by atoms with Crippen molar-refractivity contribution in [1.29, 1.82) is 0 Å². The topological polar surface area (TPSA) is 68.6 Å². The predicted molar refractivity (Wildman–Crippen MR) is 80.5 cm³/mol. The molecule has 0 bridgehead atoms. The molecule has 3 atom stereocenters. The maximum atomic E-state index is 12.7. The van der Waals surface area contributed by atoms with Gasteiger partial charge in [0.05, 0.1) is 38.2 Å². The lowest BCUT2D eigenvalue weighted by Crippen LogP contribution is -2.59. The number of hydrogen-bond acceptors (Lipinski definition) is 5. The molecule has 0 spiro atoms. The maximum absolute atomic E-state index is 12.7. The molecule has 2 saturated heterocycles. The highest BCUT2D eigenvalue weighted by atomic mass is 16.5. The number of morpholine rings is 2. The van der Waals surface area contributed by atoms with E-state index in [1.54, 1.807) is 0 Å². The van der Waals surface area contributed by atoms with Crippen LogP contribution >= 0.6 is 0 Å². The van der Waals surface area contributed by atoms with Crippen LogP contribution < -0.4 is 5.32 Å². The average Bonchev–Trinajstić information content (AvgIpc) is 2.92. The van der Waals surface area contributed by atoms with Gasteiger partial charge in [0.2, 0.25) is 5.91 Å². The third-order valence-corrected chi connectivity index (χ3v) is 4.19. The summed E-state index contributed by atoms with van der Waals surface area (Å²) in [6.07, 6.45) is 3.72. The van der Waals surface area contributed by atoms with E-state index in [2.05, 4.69) is 10.4 Å². The van der Waals surface area contributed by atoms with E-state index < -0.39 is 0 Å². The van der Waals surface area contributed by atoms with Crippen molar-refractivity contribution in [2.45, 2.75) is 38.6 Å². The molecule has 1 N–H and O–H groups in total. The number of aromatic nitrogens is 2. The Morgan fingerprint density at radius 1 is 1.45 bits per heavy atom. The molecule has 0 aliphatic carbocycles. The van der Waals surface area contributed by atoms with E-state index >= 15 is 0 Å². The van der Waals surface area contributed by atoms with Gasteiger partial charge in [-0.05, 0) is 19.4 Å². The molecule has 3 rings (SSSR count). The fraction of sp³-hybridized carbons (Fsp3) is 0.733. The zero-order chi connectivity index (χ0) is 15.5. The Kier molecular flexibility index (Phi) is 4.75. The fourth-order valence-corrected chi connectivity index (χ4v) is 3.01. The van der Waals surface area contributed by atoms with Crippen LogP contribution in [0.25, 0.3) is 0 Å². The van der Waals surface area contributed by atoms with Gasteiger partial charge in [-0.2, -0.15) is 5.10 Å². The Morgan fingerprint density at radius 2 is 2.32 bits per heavy atom. The summed E-state index contributed by atoms with van der Waals surface area (Å²) in [5, 5.41) is 7.54. The zero-order valence-electron chi connectivity index (χ0n) is 13.2. The van der Waals surface area contributed by atoms with Crippen molar-refractivity contribution in [2.75, 3.05) is 32.8 Å². The second kappa shape index (κ2) is 6.76. The van der Waals surface area contributed by atoms with Crippen LogP contribution in [0.2, 0.25) is 0 Å². The number of ether oxygens (including phenoxy) is 2. The molecule has 3 heterocycles. The molecule has 22 heavy (non-hydrogen) atoms. The van der Waals surface area contributed by atoms with Crippen LogP contribution in [-0.2, 0) is 20.8 Å². The number of nitrogens with one attached hydrogen (secondary N) is 1. The van der Waals surface area contributed by atoms with Crippen molar-refractivity contribution in [3.05, 3.63) is 18.0 Å². The second-order valence-corrected chi connectivity index (χ2v) is 6.02. The summed E-state index contributed by atoms with van der Waals surface area (Å²) in [6.45, 7) is 7.81. The van der Waals surface area contributed by atoms with Crippen molar-refractivity contribution in [2.24, 2.45) is 0 Å². The number of carbonyl (C=O) groups excluding carboxylic acids is 1. The summed E-state index contributed by atoms with van der Waals surface area (Å²) >= 11 is 0. The minimum absolute atomic E-state index is 0.0168. The Hall–Kier alpha value is -1.44. The molecule has 2 aliphatic heterocycles. The first-order chi connectivity index (χ1) is 10.6. The minimum Gasteiger partial charge on any atom is -0.375 e. The van der Waals surface area contributed by atoms with Crippen LogP contribution in [0, 0.1) is 6.92 Å². The lowest BCUT2D eigenvalue weighted by atomic mass is 10.1. The molecule has 1 unspecified atom stereocenters. The van der Waals surface area contributed by atoms with E-state index in [9.17, 15) is 4.79 Å². The van der Waals surface area contributed by atoms with E-state index in [0.29, 0.717) is 32.8 Å². The Labute approximate surface area is 130 Å². The molecular formula is C15H24N4O3. The van der Waals surface area contributed by atoms with Crippen LogP contribution in [0.15, 0.2) is 12.4 Å². The summed E-state index contributed by atoms with van der Waals surface area (Å²) in [7, 11) is 0. The zero-order valence-corrected chi connectivity index (χ0v) is 13.2. The smallest absolute Gasteiger partial charge is 0.242 e. The standard InChI is InChI=1S/C15H24N4O3/c1-11-7-17-19(8-11)10-13-9-18(4-6-22-13)15(20)14-12(2)21-5-3-16-14/h7-8,12-14,16H,3-6,9-10H2,1-2H3/t12-,13?,14+/m1/s1. The highest BCUT2D eigenvalue weighted by Crippen LogP contribution is 2.13. The Balaban J connectivity index is 1.58. The van der Waals surface area contributed by atoms with Gasteiger partial charge in [0.15, 0.2) is 0 Å². The second-order valence-electron chi connectivity index (χ2n) is 6.02. The third-order valence-electron chi connectivity index (χ3n) is 4.19.